The van der Waals surface area contributed by atoms with E-state index in [-0.39, 0.29) is 23.1 Å². The first-order valence-electron chi connectivity index (χ1n) is 9.42. The molecule has 1 atom stereocenters. The summed E-state index contributed by atoms with van der Waals surface area (Å²) in [4.78, 5) is 36.8. The first kappa shape index (κ1) is 16.7. The first-order chi connectivity index (χ1) is 12.2. The van der Waals surface area contributed by atoms with E-state index in [9.17, 15) is 9.59 Å². The zero-order valence-corrected chi connectivity index (χ0v) is 14.6. The van der Waals surface area contributed by atoms with Crippen LogP contribution in [0, 0.1) is 0 Å². The van der Waals surface area contributed by atoms with Crippen LogP contribution < -0.4 is 5.56 Å². The Labute approximate surface area is 147 Å². The van der Waals surface area contributed by atoms with Gasteiger partial charge >= 0.3 is 0 Å². The van der Waals surface area contributed by atoms with Crippen molar-refractivity contribution in [2.45, 2.75) is 44.1 Å². The van der Waals surface area contributed by atoms with Gasteiger partial charge in [-0.1, -0.05) is 0 Å². The molecule has 1 saturated carbocycles. The summed E-state index contributed by atoms with van der Waals surface area (Å²) in [7, 11) is 0. The number of likely N-dealkylation sites (tertiary alicyclic amines) is 1. The number of carbonyl (C=O) groups is 1. The molecular formula is C18H26N4O3. The van der Waals surface area contributed by atoms with Crippen LogP contribution in [0.1, 0.15) is 54.2 Å². The molecule has 0 bridgehead atoms. The molecule has 3 fully saturated rings. The molecule has 1 aromatic rings. The van der Waals surface area contributed by atoms with Crippen LogP contribution >= 0.6 is 0 Å². The summed E-state index contributed by atoms with van der Waals surface area (Å²) in [5.74, 6) is 0.931. The summed E-state index contributed by atoms with van der Waals surface area (Å²) in [6.45, 7) is 4.92. The lowest BCUT2D eigenvalue weighted by atomic mass is 10.0. The van der Waals surface area contributed by atoms with E-state index in [0.717, 1.165) is 77.3 Å². The van der Waals surface area contributed by atoms with Gasteiger partial charge in [0.05, 0.1) is 13.2 Å². The molecule has 7 nitrogen and oxygen atoms in total. The second-order valence-corrected chi connectivity index (χ2v) is 7.35. The van der Waals surface area contributed by atoms with Gasteiger partial charge in [0.1, 0.15) is 11.4 Å². The van der Waals surface area contributed by atoms with Gasteiger partial charge in [-0.25, -0.2) is 4.98 Å². The Morgan fingerprint density at radius 1 is 1.20 bits per heavy atom. The van der Waals surface area contributed by atoms with E-state index in [1.807, 2.05) is 4.90 Å². The highest BCUT2D eigenvalue weighted by Crippen LogP contribution is 2.37. The molecule has 25 heavy (non-hydrogen) atoms. The Bertz CT molecular complexity index is 679. The number of aromatic amines is 1. The fourth-order valence-electron chi connectivity index (χ4n) is 3.82. The van der Waals surface area contributed by atoms with Crippen LogP contribution in [-0.2, 0) is 4.74 Å². The molecule has 2 aliphatic heterocycles. The SMILES string of the molecule is O=C(c1cnc(C2CC2)[nH]c1=O)N1CCCC[C@H]1CN1CCOCC1. The zero-order valence-electron chi connectivity index (χ0n) is 14.6. The van der Waals surface area contributed by atoms with Crippen molar-refractivity contribution in [3.63, 3.8) is 0 Å². The van der Waals surface area contributed by atoms with Crippen LogP contribution in [0.25, 0.3) is 0 Å². The van der Waals surface area contributed by atoms with Crippen LogP contribution in [0.3, 0.4) is 0 Å². The van der Waals surface area contributed by atoms with Gasteiger partial charge in [0.2, 0.25) is 0 Å². The number of nitrogens with one attached hydrogen (secondary N) is 1. The molecule has 1 amide bonds. The predicted molar refractivity (Wildman–Crippen MR) is 92.8 cm³/mol. The molecule has 0 unspecified atom stereocenters. The lowest BCUT2D eigenvalue weighted by molar-refractivity contribution is 0.0165. The van der Waals surface area contributed by atoms with Crippen LogP contribution in [0.5, 0.6) is 0 Å². The number of aromatic nitrogens is 2. The number of amides is 1. The van der Waals surface area contributed by atoms with Gasteiger partial charge in [-0.3, -0.25) is 14.5 Å². The monoisotopic (exact) mass is 346 g/mol. The molecule has 7 heteroatoms. The Hall–Kier alpha value is -1.73. The van der Waals surface area contributed by atoms with Gasteiger partial charge in [-0.2, -0.15) is 0 Å². The van der Waals surface area contributed by atoms with Crippen molar-refractivity contribution in [2.75, 3.05) is 39.4 Å². The van der Waals surface area contributed by atoms with Crippen LogP contribution in [-0.4, -0.2) is 71.1 Å². The van der Waals surface area contributed by atoms with E-state index in [1.165, 1.54) is 6.20 Å². The second kappa shape index (κ2) is 7.25. The van der Waals surface area contributed by atoms with Crippen LogP contribution in [0.4, 0.5) is 0 Å². The maximum atomic E-state index is 13.0. The number of carbonyl (C=O) groups excluding carboxylic acids is 1. The van der Waals surface area contributed by atoms with Crippen LogP contribution in [0.15, 0.2) is 11.0 Å². The molecular weight excluding hydrogens is 320 g/mol. The molecule has 136 valence electrons. The number of rotatable bonds is 4. The average molecular weight is 346 g/mol. The normalized spacial score (nSPS) is 25.1. The molecule has 0 spiro atoms. The molecule has 4 rings (SSSR count). The summed E-state index contributed by atoms with van der Waals surface area (Å²) < 4.78 is 5.41. The average Bonchev–Trinajstić information content (AvgIpc) is 3.48. The molecule has 3 heterocycles. The lowest BCUT2D eigenvalue weighted by Crippen LogP contribution is -2.52. The third-order valence-corrected chi connectivity index (χ3v) is 5.47. The van der Waals surface area contributed by atoms with Crippen molar-refractivity contribution in [1.29, 1.82) is 0 Å². The van der Waals surface area contributed by atoms with E-state index >= 15 is 0 Å². The quantitative estimate of drug-likeness (QED) is 0.879. The first-order valence-corrected chi connectivity index (χ1v) is 9.42. The maximum absolute atomic E-state index is 13.0. The van der Waals surface area contributed by atoms with Gasteiger partial charge in [-0.05, 0) is 32.1 Å². The Morgan fingerprint density at radius 3 is 2.72 bits per heavy atom. The van der Waals surface area contributed by atoms with Crippen molar-refractivity contribution >= 4 is 5.91 Å². The number of nitrogens with zero attached hydrogens (tertiary/aromatic N) is 3. The minimum absolute atomic E-state index is 0.168. The number of H-pyrrole nitrogens is 1. The summed E-state index contributed by atoms with van der Waals surface area (Å²) in [6.07, 6.45) is 6.75. The third-order valence-electron chi connectivity index (χ3n) is 5.47. The molecule has 2 saturated heterocycles. The maximum Gasteiger partial charge on any atom is 0.263 e. The number of piperidine rings is 1. The largest absolute Gasteiger partial charge is 0.379 e. The van der Waals surface area contributed by atoms with Gasteiger partial charge in [0.15, 0.2) is 0 Å². The van der Waals surface area contributed by atoms with Crippen molar-refractivity contribution in [3.05, 3.63) is 27.9 Å². The highest BCUT2D eigenvalue weighted by Gasteiger charge is 2.32. The minimum Gasteiger partial charge on any atom is -0.379 e. The van der Waals surface area contributed by atoms with Crippen molar-refractivity contribution in [1.82, 2.24) is 19.8 Å². The molecule has 1 aliphatic carbocycles. The van der Waals surface area contributed by atoms with E-state index in [2.05, 4.69) is 14.9 Å². The Balaban J connectivity index is 1.49. The third kappa shape index (κ3) is 3.77. The van der Waals surface area contributed by atoms with Crippen molar-refractivity contribution in [2.24, 2.45) is 0 Å². The standard InChI is InChI=1S/C18H26N4O3/c23-17-15(11-19-16(20-17)13-4-5-13)18(24)22-6-2-1-3-14(22)12-21-7-9-25-10-8-21/h11,13-14H,1-10,12H2,(H,19,20,23)/t14-/m0/s1. The second-order valence-electron chi connectivity index (χ2n) is 7.35. The molecule has 1 N–H and O–H groups in total. The Morgan fingerprint density at radius 2 is 2.00 bits per heavy atom. The van der Waals surface area contributed by atoms with E-state index in [4.69, 9.17) is 4.74 Å². The van der Waals surface area contributed by atoms with E-state index in [1.54, 1.807) is 0 Å². The topological polar surface area (TPSA) is 78.5 Å². The predicted octanol–water partition coefficient (Wildman–Crippen LogP) is 0.974. The summed E-state index contributed by atoms with van der Waals surface area (Å²) >= 11 is 0. The molecule has 0 aromatic carbocycles. The summed E-state index contributed by atoms with van der Waals surface area (Å²) in [5.41, 5.74) is -0.115. The van der Waals surface area contributed by atoms with Crippen molar-refractivity contribution in [3.8, 4) is 0 Å². The minimum atomic E-state index is -0.294. The van der Waals surface area contributed by atoms with E-state index in [0.29, 0.717) is 5.92 Å². The highest BCUT2D eigenvalue weighted by atomic mass is 16.5. The number of ether oxygens (including phenoxy) is 1. The fourth-order valence-corrected chi connectivity index (χ4v) is 3.82. The molecule has 1 aromatic heterocycles. The van der Waals surface area contributed by atoms with Crippen LogP contribution in [0.2, 0.25) is 0 Å². The number of hydrogen-bond donors (Lipinski definition) is 1. The Kier molecular flexibility index (Phi) is 4.85. The van der Waals surface area contributed by atoms with E-state index < -0.39 is 0 Å². The summed E-state index contributed by atoms with van der Waals surface area (Å²) in [5, 5.41) is 0. The zero-order chi connectivity index (χ0) is 17.2. The number of hydrogen-bond acceptors (Lipinski definition) is 5. The number of morpholine rings is 1. The fraction of sp³-hybridized carbons (Fsp3) is 0.722. The van der Waals surface area contributed by atoms with Gasteiger partial charge in [0, 0.05) is 44.3 Å². The summed E-state index contributed by atoms with van der Waals surface area (Å²) in [6, 6.07) is 0.168. The van der Waals surface area contributed by atoms with Gasteiger partial charge in [0.25, 0.3) is 11.5 Å². The highest BCUT2D eigenvalue weighted by molar-refractivity contribution is 5.93. The van der Waals surface area contributed by atoms with Crippen molar-refractivity contribution < 1.29 is 9.53 Å². The molecule has 0 radical (unpaired) electrons. The molecule has 3 aliphatic rings. The van der Waals surface area contributed by atoms with Gasteiger partial charge in [-0.15, -0.1) is 0 Å². The smallest absolute Gasteiger partial charge is 0.263 e. The van der Waals surface area contributed by atoms with Gasteiger partial charge < -0.3 is 14.6 Å². The lowest BCUT2D eigenvalue weighted by Gasteiger charge is -2.39.